The maximum atomic E-state index is 13.0. The summed E-state index contributed by atoms with van der Waals surface area (Å²) < 4.78 is 25.5. The second-order valence-corrected chi connectivity index (χ2v) is 2.78. The van der Waals surface area contributed by atoms with Gasteiger partial charge in [-0.15, -0.1) is 0 Å². The molecule has 1 nitrogen and oxygen atoms in total. The molecule has 0 amide bonds. The second kappa shape index (κ2) is 5.36. The number of halogens is 2. The Labute approximate surface area is 82.1 Å². The van der Waals surface area contributed by atoms with Crippen LogP contribution in [0, 0.1) is 23.5 Å². The highest BCUT2D eigenvalue weighted by Gasteiger charge is 1.99. The van der Waals surface area contributed by atoms with Crippen molar-refractivity contribution < 1.29 is 8.78 Å². The quantitative estimate of drug-likeness (QED) is 0.561. The largest absolute Gasteiger partial charge is 0.319 e. The Balaban J connectivity index is 2.70. The standard InChI is InChI=1S/C11H11F2N/c1-14-7-3-2-4-9-5-6-10(12)8-11(9)13/h5-6,8,14H,3,7H2,1H3. The van der Waals surface area contributed by atoms with Gasteiger partial charge in [0, 0.05) is 19.0 Å². The van der Waals surface area contributed by atoms with Crippen LogP contribution in [0.25, 0.3) is 0 Å². The van der Waals surface area contributed by atoms with Crippen LogP contribution in [-0.4, -0.2) is 13.6 Å². The Hall–Kier alpha value is -1.40. The first kappa shape index (κ1) is 10.7. The molecule has 0 aliphatic carbocycles. The van der Waals surface area contributed by atoms with E-state index in [1.165, 1.54) is 12.1 Å². The molecule has 14 heavy (non-hydrogen) atoms. The molecule has 0 saturated carbocycles. The molecule has 0 unspecified atom stereocenters. The summed E-state index contributed by atoms with van der Waals surface area (Å²) in [5, 5.41) is 2.92. The lowest BCUT2D eigenvalue weighted by Gasteiger charge is -1.93. The minimum atomic E-state index is -0.609. The van der Waals surface area contributed by atoms with Crippen molar-refractivity contribution in [1.29, 1.82) is 0 Å². The first-order valence-electron chi connectivity index (χ1n) is 4.32. The van der Waals surface area contributed by atoms with Crippen molar-refractivity contribution in [2.24, 2.45) is 0 Å². The average Bonchev–Trinajstić information content (AvgIpc) is 2.15. The van der Waals surface area contributed by atoms with E-state index < -0.39 is 11.6 Å². The van der Waals surface area contributed by atoms with Crippen molar-refractivity contribution in [3.8, 4) is 11.8 Å². The maximum Gasteiger partial charge on any atom is 0.141 e. The van der Waals surface area contributed by atoms with Crippen LogP contribution < -0.4 is 5.32 Å². The van der Waals surface area contributed by atoms with Crippen LogP contribution in [0.2, 0.25) is 0 Å². The van der Waals surface area contributed by atoms with Crippen LogP contribution in [0.1, 0.15) is 12.0 Å². The lowest BCUT2D eigenvalue weighted by Crippen LogP contribution is -2.05. The Morgan fingerprint density at radius 2 is 2.14 bits per heavy atom. The molecular formula is C11H11F2N. The maximum absolute atomic E-state index is 13.0. The van der Waals surface area contributed by atoms with Crippen molar-refractivity contribution in [3.05, 3.63) is 35.4 Å². The summed E-state index contributed by atoms with van der Waals surface area (Å²) in [6.07, 6.45) is 0.646. The Bertz CT molecular complexity index is 363. The predicted molar refractivity (Wildman–Crippen MR) is 51.8 cm³/mol. The first-order chi connectivity index (χ1) is 6.74. The van der Waals surface area contributed by atoms with Crippen LogP contribution in [0.15, 0.2) is 18.2 Å². The molecule has 1 aromatic carbocycles. The SMILES string of the molecule is CNCCC#Cc1ccc(F)cc1F. The monoisotopic (exact) mass is 195 g/mol. The molecule has 1 N–H and O–H groups in total. The summed E-state index contributed by atoms with van der Waals surface area (Å²) in [5.74, 6) is 4.24. The minimum Gasteiger partial charge on any atom is -0.319 e. The smallest absolute Gasteiger partial charge is 0.141 e. The minimum absolute atomic E-state index is 0.238. The molecule has 74 valence electrons. The zero-order chi connectivity index (χ0) is 10.4. The number of nitrogens with one attached hydrogen (secondary N) is 1. The van der Waals surface area contributed by atoms with E-state index in [1.807, 2.05) is 7.05 Å². The van der Waals surface area contributed by atoms with E-state index in [0.717, 1.165) is 12.6 Å². The van der Waals surface area contributed by atoms with Gasteiger partial charge in [0.05, 0.1) is 5.56 Å². The van der Waals surface area contributed by atoms with Crippen molar-refractivity contribution >= 4 is 0 Å². The van der Waals surface area contributed by atoms with Gasteiger partial charge in [-0.1, -0.05) is 11.8 Å². The molecule has 0 aromatic heterocycles. The third kappa shape index (κ3) is 3.15. The van der Waals surface area contributed by atoms with Gasteiger partial charge in [-0.25, -0.2) is 8.78 Å². The third-order valence-electron chi connectivity index (χ3n) is 1.65. The van der Waals surface area contributed by atoms with E-state index in [9.17, 15) is 8.78 Å². The van der Waals surface area contributed by atoms with Crippen LogP contribution >= 0.6 is 0 Å². The average molecular weight is 195 g/mol. The summed E-state index contributed by atoms with van der Waals surface area (Å²) in [4.78, 5) is 0. The van der Waals surface area contributed by atoms with E-state index in [0.29, 0.717) is 6.42 Å². The van der Waals surface area contributed by atoms with Gasteiger partial charge in [-0.2, -0.15) is 0 Å². The molecule has 0 spiro atoms. The molecular weight excluding hydrogens is 184 g/mol. The zero-order valence-corrected chi connectivity index (χ0v) is 7.90. The highest BCUT2D eigenvalue weighted by molar-refractivity contribution is 5.35. The Morgan fingerprint density at radius 1 is 1.36 bits per heavy atom. The summed E-state index contributed by atoms with van der Waals surface area (Å²) in [6.45, 7) is 0.760. The molecule has 0 radical (unpaired) electrons. The first-order valence-corrected chi connectivity index (χ1v) is 4.32. The molecule has 1 aromatic rings. The van der Waals surface area contributed by atoms with Gasteiger partial charge < -0.3 is 5.32 Å². The van der Waals surface area contributed by atoms with Gasteiger partial charge in [-0.05, 0) is 19.2 Å². The van der Waals surface area contributed by atoms with Crippen molar-refractivity contribution in [3.63, 3.8) is 0 Å². The normalized spacial score (nSPS) is 9.36. The number of benzene rings is 1. The van der Waals surface area contributed by atoms with Gasteiger partial charge in [0.25, 0.3) is 0 Å². The van der Waals surface area contributed by atoms with Gasteiger partial charge in [0.15, 0.2) is 0 Å². The van der Waals surface area contributed by atoms with E-state index in [1.54, 1.807) is 0 Å². The third-order valence-corrected chi connectivity index (χ3v) is 1.65. The van der Waals surface area contributed by atoms with Crippen molar-refractivity contribution in [2.45, 2.75) is 6.42 Å². The van der Waals surface area contributed by atoms with Crippen molar-refractivity contribution in [1.82, 2.24) is 5.32 Å². The summed E-state index contributed by atoms with van der Waals surface area (Å²) >= 11 is 0. The predicted octanol–water partition coefficient (Wildman–Crippen LogP) is 1.93. The lowest BCUT2D eigenvalue weighted by atomic mass is 10.2. The number of rotatable bonds is 2. The van der Waals surface area contributed by atoms with Gasteiger partial charge in [0.1, 0.15) is 11.6 Å². The lowest BCUT2D eigenvalue weighted by molar-refractivity contribution is 0.581. The van der Waals surface area contributed by atoms with Gasteiger partial charge >= 0.3 is 0 Å². The molecule has 0 aliphatic rings. The fourth-order valence-corrected chi connectivity index (χ4v) is 0.936. The summed E-state index contributed by atoms with van der Waals surface area (Å²) in [6, 6.07) is 3.38. The molecule has 0 saturated heterocycles. The second-order valence-electron chi connectivity index (χ2n) is 2.78. The molecule has 0 fully saturated rings. The van der Waals surface area contributed by atoms with Crippen LogP contribution in [0.3, 0.4) is 0 Å². The van der Waals surface area contributed by atoms with Crippen LogP contribution in [-0.2, 0) is 0 Å². The molecule has 0 bridgehead atoms. The molecule has 1 rings (SSSR count). The highest BCUT2D eigenvalue weighted by Crippen LogP contribution is 2.07. The molecule has 0 aliphatic heterocycles. The fourth-order valence-electron chi connectivity index (χ4n) is 0.936. The van der Waals surface area contributed by atoms with Crippen LogP contribution in [0.4, 0.5) is 8.78 Å². The van der Waals surface area contributed by atoms with Crippen molar-refractivity contribution in [2.75, 3.05) is 13.6 Å². The Kier molecular flexibility index (Phi) is 4.09. The van der Waals surface area contributed by atoms with Gasteiger partial charge in [-0.3, -0.25) is 0 Å². The van der Waals surface area contributed by atoms with E-state index in [2.05, 4.69) is 17.2 Å². The topological polar surface area (TPSA) is 12.0 Å². The van der Waals surface area contributed by atoms with E-state index in [4.69, 9.17) is 0 Å². The van der Waals surface area contributed by atoms with E-state index in [-0.39, 0.29) is 5.56 Å². The molecule has 0 atom stereocenters. The number of hydrogen-bond donors (Lipinski definition) is 1. The Morgan fingerprint density at radius 3 is 2.79 bits per heavy atom. The summed E-state index contributed by atoms with van der Waals surface area (Å²) in [5.41, 5.74) is 0.238. The summed E-state index contributed by atoms with van der Waals surface area (Å²) in [7, 11) is 1.82. The highest BCUT2D eigenvalue weighted by atomic mass is 19.1. The fraction of sp³-hybridized carbons (Fsp3) is 0.273. The number of hydrogen-bond acceptors (Lipinski definition) is 1. The van der Waals surface area contributed by atoms with Crippen LogP contribution in [0.5, 0.6) is 0 Å². The molecule has 3 heteroatoms. The van der Waals surface area contributed by atoms with Gasteiger partial charge in [0.2, 0.25) is 0 Å². The zero-order valence-electron chi connectivity index (χ0n) is 7.90. The van der Waals surface area contributed by atoms with E-state index >= 15 is 0 Å². The molecule has 0 heterocycles.